The standard InChI is InChI=1S/C40H44N4O6Si/c1-26-38(48-3)32-24-28(44-33-11-7-9-13-36(33)49-34-12-8-6-10-31(34)40(44)46)14-19-35(32)50-39(26)37(20-22-43-25-27(21-23-45)41-42-43)51(4,5)30-17-15-29(47-2)16-18-30/h6-19,24-26,37-39,45H,20-23H2,1-5H3/t26-,37?,38-,39-/m1/s1. The summed E-state index contributed by atoms with van der Waals surface area (Å²) in [7, 11) is 1.20. The van der Waals surface area contributed by atoms with E-state index >= 15 is 0 Å². The molecule has 1 N–H and O–H groups in total. The van der Waals surface area contributed by atoms with Crippen molar-refractivity contribution in [3.8, 4) is 23.0 Å². The first-order valence-electron chi connectivity index (χ1n) is 17.4. The molecule has 0 bridgehead atoms. The average Bonchev–Trinajstić information content (AvgIpc) is 3.55. The Balaban J connectivity index is 1.26. The molecule has 0 spiro atoms. The van der Waals surface area contributed by atoms with Gasteiger partial charge in [-0.05, 0) is 66.6 Å². The van der Waals surface area contributed by atoms with E-state index in [4.69, 9.17) is 18.9 Å². The Bertz CT molecular complexity index is 2010. The Morgan fingerprint density at radius 1 is 0.941 bits per heavy atom. The maximum atomic E-state index is 14.2. The number of anilines is 2. The fourth-order valence-electron chi connectivity index (χ4n) is 7.69. The minimum Gasteiger partial charge on any atom is -0.497 e. The number of aryl methyl sites for hydroxylation is 1. The van der Waals surface area contributed by atoms with E-state index in [2.05, 4.69) is 42.5 Å². The smallest absolute Gasteiger partial charge is 0.266 e. The number of aliphatic hydroxyl groups is 1. The number of amides is 1. The number of carbonyl (C=O) groups is 1. The zero-order chi connectivity index (χ0) is 35.7. The third kappa shape index (κ3) is 6.53. The summed E-state index contributed by atoms with van der Waals surface area (Å²) in [4.78, 5) is 15.9. The molecule has 4 aromatic carbocycles. The summed E-state index contributed by atoms with van der Waals surface area (Å²) in [6, 6.07) is 29.3. The van der Waals surface area contributed by atoms with E-state index in [-0.39, 0.29) is 36.2 Å². The van der Waals surface area contributed by atoms with Crippen LogP contribution in [0.15, 0.2) is 97.2 Å². The summed E-state index contributed by atoms with van der Waals surface area (Å²) < 4.78 is 27.0. The quantitative estimate of drug-likeness (QED) is 0.146. The SMILES string of the molecule is COc1ccc([Si](C)(C)C(CCn2cc(CCO)nn2)[C@@H]2Oc3ccc(N4C(=O)c5ccccc5Oc5ccccc54)cc3[C@H](OC)[C@H]2C)cc1. The lowest BCUT2D eigenvalue weighted by Crippen LogP contribution is -2.54. The van der Waals surface area contributed by atoms with E-state index in [1.165, 1.54) is 5.19 Å². The number of hydrogen-bond donors (Lipinski definition) is 1. The summed E-state index contributed by atoms with van der Waals surface area (Å²) >= 11 is 0. The van der Waals surface area contributed by atoms with Crippen molar-refractivity contribution in [2.24, 2.45) is 5.92 Å². The van der Waals surface area contributed by atoms with Crippen molar-refractivity contribution in [2.75, 3.05) is 25.7 Å². The number of fused-ring (bicyclic) bond motifs is 3. The number of hydrogen-bond acceptors (Lipinski definition) is 8. The van der Waals surface area contributed by atoms with Gasteiger partial charge >= 0.3 is 0 Å². The highest BCUT2D eigenvalue weighted by molar-refractivity contribution is 6.91. The number of rotatable bonds is 11. The lowest BCUT2D eigenvalue weighted by Gasteiger charge is -2.46. The van der Waals surface area contributed by atoms with Crippen LogP contribution in [0.2, 0.25) is 18.6 Å². The van der Waals surface area contributed by atoms with Gasteiger partial charge in [-0.25, -0.2) is 0 Å². The molecule has 0 radical (unpaired) electrons. The zero-order valence-electron chi connectivity index (χ0n) is 29.7. The normalized spacial score (nSPS) is 18.8. The third-order valence-corrected chi connectivity index (χ3v) is 14.8. The average molecular weight is 705 g/mol. The number of ether oxygens (including phenoxy) is 4. The largest absolute Gasteiger partial charge is 0.497 e. The van der Waals surface area contributed by atoms with Gasteiger partial charge in [0, 0.05) is 44.4 Å². The molecule has 5 aromatic rings. The number of aliphatic hydroxyl groups excluding tert-OH is 1. The summed E-state index contributed by atoms with van der Waals surface area (Å²) in [5.41, 5.74) is 3.69. The van der Waals surface area contributed by atoms with Crippen LogP contribution in [0.3, 0.4) is 0 Å². The second kappa shape index (κ2) is 14.3. The fourth-order valence-corrected chi connectivity index (χ4v) is 11.2. The first-order chi connectivity index (χ1) is 24.7. The minimum absolute atomic E-state index is 0.0235. The van der Waals surface area contributed by atoms with Gasteiger partial charge in [0.25, 0.3) is 5.91 Å². The predicted octanol–water partition coefficient (Wildman–Crippen LogP) is 7.07. The van der Waals surface area contributed by atoms with Gasteiger partial charge in [-0.2, -0.15) is 0 Å². The minimum atomic E-state index is -2.23. The van der Waals surface area contributed by atoms with Crippen molar-refractivity contribution in [3.05, 3.63) is 114 Å². The van der Waals surface area contributed by atoms with Crippen LogP contribution in [-0.2, 0) is 17.7 Å². The second-order valence-electron chi connectivity index (χ2n) is 13.8. The fraction of sp³-hybridized carbons (Fsp3) is 0.325. The van der Waals surface area contributed by atoms with Gasteiger partial charge in [0.15, 0.2) is 5.75 Å². The summed E-state index contributed by atoms with van der Waals surface area (Å²) in [6.45, 7) is 7.69. The lowest BCUT2D eigenvalue weighted by molar-refractivity contribution is -0.0233. The number of methoxy groups -OCH3 is 2. The molecule has 0 saturated carbocycles. The first kappa shape index (κ1) is 34.5. The molecule has 0 fully saturated rings. The van der Waals surface area contributed by atoms with Crippen LogP contribution in [0, 0.1) is 5.92 Å². The highest BCUT2D eigenvalue weighted by Gasteiger charge is 2.47. The van der Waals surface area contributed by atoms with Gasteiger partial charge in [-0.3, -0.25) is 14.4 Å². The van der Waals surface area contributed by atoms with E-state index in [1.54, 1.807) is 25.2 Å². The molecule has 4 atom stereocenters. The molecule has 2 aliphatic heterocycles. The van der Waals surface area contributed by atoms with Crippen LogP contribution in [0.4, 0.5) is 11.4 Å². The number of benzene rings is 4. The first-order valence-corrected chi connectivity index (χ1v) is 20.5. The van der Waals surface area contributed by atoms with Gasteiger partial charge in [-0.1, -0.05) is 66.8 Å². The van der Waals surface area contributed by atoms with Crippen molar-refractivity contribution in [1.29, 1.82) is 0 Å². The Kier molecular flexibility index (Phi) is 9.69. The van der Waals surface area contributed by atoms with Crippen molar-refractivity contribution >= 4 is 30.5 Å². The van der Waals surface area contributed by atoms with Crippen molar-refractivity contribution in [1.82, 2.24) is 15.0 Å². The molecule has 2 aliphatic rings. The highest BCUT2D eigenvalue weighted by atomic mass is 28.3. The molecular weight excluding hydrogens is 661 g/mol. The Labute approximate surface area is 299 Å². The van der Waals surface area contributed by atoms with E-state index < -0.39 is 8.07 Å². The molecule has 0 aliphatic carbocycles. The number of para-hydroxylation sites is 3. The summed E-state index contributed by atoms with van der Waals surface area (Å²) in [6.07, 6.45) is 2.75. The van der Waals surface area contributed by atoms with Gasteiger partial charge in [0.1, 0.15) is 23.4 Å². The molecule has 1 unspecified atom stereocenters. The Morgan fingerprint density at radius 3 is 2.43 bits per heavy atom. The zero-order valence-corrected chi connectivity index (χ0v) is 30.7. The third-order valence-electron chi connectivity index (χ3n) is 10.5. The molecule has 10 nitrogen and oxygen atoms in total. The van der Waals surface area contributed by atoms with Gasteiger partial charge in [0.05, 0.1) is 43.9 Å². The molecule has 264 valence electrons. The van der Waals surface area contributed by atoms with E-state index in [1.807, 2.05) is 83.7 Å². The highest BCUT2D eigenvalue weighted by Crippen LogP contribution is 2.50. The van der Waals surface area contributed by atoms with Crippen LogP contribution < -0.4 is 24.3 Å². The summed E-state index contributed by atoms with van der Waals surface area (Å²) in [5, 5.41) is 19.3. The number of aromatic nitrogens is 3. The molecule has 3 heterocycles. The van der Waals surface area contributed by atoms with Crippen LogP contribution >= 0.6 is 0 Å². The Morgan fingerprint density at radius 2 is 1.69 bits per heavy atom. The van der Waals surface area contributed by atoms with Crippen molar-refractivity contribution in [3.63, 3.8) is 0 Å². The van der Waals surface area contributed by atoms with E-state index in [9.17, 15) is 9.90 Å². The van der Waals surface area contributed by atoms with Gasteiger partial charge in [0.2, 0.25) is 0 Å². The van der Waals surface area contributed by atoms with E-state index in [0.29, 0.717) is 41.4 Å². The summed E-state index contributed by atoms with van der Waals surface area (Å²) in [5.74, 6) is 2.50. The molecule has 0 saturated heterocycles. The van der Waals surface area contributed by atoms with Gasteiger partial charge < -0.3 is 24.1 Å². The molecule has 7 rings (SSSR count). The van der Waals surface area contributed by atoms with Crippen LogP contribution in [0.5, 0.6) is 23.0 Å². The maximum Gasteiger partial charge on any atom is 0.266 e. The van der Waals surface area contributed by atoms with Gasteiger partial charge in [-0.15, -0.1) is 5.10 Å². The number of carbonyl (C=O) groups excluding carboxylic acids is 1. The predicted molar refractivity (Wildman–Crippen MR) is 198 cm³/mol. The maximum absolute atomic E-state index is 14.2. The molecule has 11 heteroatoms. The van der Waals surface area contributed by atoms with E-state index in [0.717, 1.165) is 29.2 Å². The lowest BCUT2D eigenvalue weighted by atomic mass is 9.86. The molecule has 51 heavy (non-hydrogen) atoms. The van der Waals surface area contributed by atoms with Crippen LogP contribution in [0.1, 0.15) is 41.1 Å². The molecule has 1 aromatic heterocycles. The monoisotopic (exact) mass is 704 g/mol. The molecule has 1 amide bonds. The second-order valence-corrected chi connectivity index (χ2v) is 18.6. The number of nitrogens with zero attached hydrogens (tertiary/aromatic N) is 4. The Hall–Kier alpha value is -4.97. The van der Waals surface area contributed by atoms with Crippen molar-refractivity contribution in [2.45, 2.75) is 57.2 Å². The van der Waals surface area contributed by atoms with Crippen LogP contribution in [0.25, 0.3) is 0 Å². The van der Waals surface area contributed by atoms with Crippen molar-refractivity contribution < 1.29 is 28.8 Å². The van der Waals surface area contributed by atoms with Crippen LogP contribution in [-0.4, -0.2) is 61.0 Å². The topological polar surface area (TPSA) is 108 Å². The molecular formula is C40H44N4O6Si.